The zero-order valence-corrected chi connectivity index (χ0v) is 16.4. The quantitative estimate of drug-likeness (QED) is 0.677. The summed E-state index contributed by atoms with van der Waals surface area (Å²) >= 11 is 0. The Balaban J connectivity index is 1.47. The zero-order chi connectivity index (χ0) is 20.0. The highest BCUT2D eigenvalue weighted by Gasteiger charge is 2.29. The lowest BCUT2D eigenvalue weighted by Gasteiger charge is -2.09. The van der Waals surface area contributed by atoms with Crippen LogP contribution in [0.3, 0.4) is 0 Å². The lowest BCUT2D eigenvalue weighted by molar-refractivity contribution is -0.117. The van der Waals surface area contributed by atoms with Crippen LogP contribution in [-0.4, -0.2) is 31.7 Å². The standard InChI is InChI=1S/C21H24N2O4S/c24-20(15-28(26,27)13-5-8-16-6-2-1-3-7-16)22-18-9-4-10-19(14-18)23-21(25)17-11-12-17/h1-4,6-7,9-10,14,17H,5,8,11-13,15H2,(H,22,24)(H,23,25). The molecule has 28 heavy (non-hydrogen) atoms. The van der Waals surface area contributed by atoms with Crippen LogP contribution in [0, 0.1) is 5.92 Å². The molecule has 2 aromatic carbocycles. The third-order valence-electron chi connectivity index (χ3n) is 4.48. The Bertz CT molecular complexity index is 938. The van der Waals surface area contributed by atoms with Crippen molar-refractivity contribution in [3.8, 4) is 0 Å². The van der Waals surface area contributed by atoms with Crippen LogP contribution >= 0.6 is 0 Å². The summed E-state index contributed by atoms with van der Waals surface area (Å²) < 4.78 is 24.4. The Morgan fingerprint density at radius 1 is 0.929 bits per heavy atom. The van der Waals surface area contributed by atoms with E-state index in [0.717, 1.165) is 18.4 Å². The average Bonchev–Trinajstić information content (AvgIpc) is 3.47. The van der Waals surface area contributed by atoms with Crippen LogP contribution in [-0.2, 0) is 25.8 Å². The van der Waals surface area contributed by atoms with Gasteiger partial charge in [0.25, 0.3) is 0 Å². The molecule has 2 N–H and O–H groups in total. The number of benzene rings is 2. The molecule has 0 heterocycles. The van der Waals surface area contributed by atoms with Crippen molar-refractivity contribution >= 4 is 33.0 Å². The number of nitrogens with one attached hydrogen (secondary N) is 2. The summed E-state index contributed by atoms with van der Waals surface area (Å²) in [4.78, 5) is 24.0. The smallest absolute Gasteiger partial charge is 0.239 e. The van der Waals surface area contributed by atoms with E-state index < -0.39 is 21.5 Å². The molecule has 1 saturated carbocycles. The number of carbonyl (C=O) groups excluding carboxylic acids is 2. The second kappa shape index (κ2) is 9.01. The molecule has 2 amide bonds. The molecule has 1 aliphatic rings. The summed E-state index contributed by atoms with van der Waals surface area (Å²) in [5.41, 5.74) is 2.12. The first-order chi connectivity index (χ1) is 13.4. The fourth-order valence-corrected chi connectivity index (χ4v) is 4.07. The Hall–Kier alpha value is -2.67. The van der Waals surface area contributed by atoms with Crippen LogP contribution in [0.2, 0.25) is 0 Å². The first kappa shape index (κ1) is 20.1. The average molecular weight is 401 g/mol. The maximum absolute atomic E-state index is 12.2. The van der Waals surface area contributed by atoms with E-state index in [-0.39, 0.29) is 17.6 Å². The summed E-state index contributed by atoms with van der Waals surface area (Å²) in [6.45, 7) is 0. The van der Waals surface area contributed by atoms with Crippen molar-refractivity contribution < 1.29 is 18.0 Å². The number of hydrogen-bond acceptors (Lipinski definition) is 4. The van der Waals surface area contributed by atoms with Gasteiger partial charge in [0.15, 0.2) is 9.84 Å². The molecule has 7 heteroatoms. The van der Waals surface area contributed by atoms with Gasteiger partial charge in [0.2, 0.25) is 11.8 Å². The highest BCUT2D eigenvalue weighted by molar-refractivity contribution is 7.92. The maximum Gasteiger partial charge on any atom is 0.239 e. The molecule has 0 bridgehead atoms. The number of anilines is 2. The van der Waals surface area contributed by atoms with Crippen LogP contribution < -0.4 is 10.6 Å². The number of rotatable bonds is 9. The number of carbonyl (C=O) groups is 2. The third kappa shape index (κ3) is 6.49. The fraction of sp³-hybridized carbons (Fsp3) is 0.333. The predicted molar refractivity (Wildman–Crippen MR) is 110 cm³/mol. The molecule has 0 radical (unpaired) electrons. The molecule has 148 valence electrons. The highest BCUT2D eigenvalue weighted by atomic mass is 32.2. The van der Waals surface area contributed by atoms with Gasteiger partial charge < -0.3 is 10.6 Å². The van der Waals surface area contributed by atoms with Gasteiger partial charge >= 0.3 is 0 Å². The van der Waals surface area contributed by atoms with Crippen LogP contribution in [0.1, 0.15) is 24.8 Å². The molecule has 1 aliphatic carbocycles. The van der Waals surface area contributed by atoms with Gasteiger partial charge in [0, 0.05) is 17.3 Å². The molecule has 0 atom stereocenters. The second-order valence-electron chi connectivity index (χ2n) is 7.07. The van der Waals surface area contributed by atoms with Crippen LogP contribution in [0.15, 0.2) is 54.6 Å². The maximum atomic E-state index is 12.2. The summed E-state index contributed by atoms with van der Waals surface area (Å²) in [6.07, 6.45) is 2.95. The monoisotopic (exact) mass is 400 g/mol. The number of sulfone groups is 1. The lowest BCUT2D eigenvalue weighted by Crippen LogP contribution is -2.25. The number of hydrogen-bond donors (Lipinski definition) is 2. The van der Waals surface area contributed by atoms with Crippen molar-refractivity contribution in [2.75, 3.05) is 22.1 Å². The van der Waals surface area contributed by atoms with Crippen molar-refractivity contribution in [3.63, 3.8) is 0 Å². The van der Waals surface area contributed by atoms with E-state index in [2.05, 4.69) is 10.6 Å². The third-order valence-corrected chi connectivity index (χ3v) is 6.09. The van der Waals surface area contributed by atoms with Gasteiger partial charge in [0.05, 0.1) is 5.75 Å². The minimum absolute atomic E-state index is 0.0236. The second-order valence-corrected chi connectivity index (χ2v) is 9.26. The molecule has 0 aromatic heterocycles. The summed E-state index contributed by atoms with van der Waals surface area (Å²) in [6, 6.07) is 16.4. The van der Waals surface area contributed by atoms with E-state index in [1.807, 2.05) is 30.3 Å². The first-order valence-corrected chi connectivity index (χ1v) is 11.2. The topological polar surface area (TPSA) is 92.3 Å². The molecule has 0 aliphatic heterocycles. The molecule has 1 fully saturated rings. The Morgan fingerprint density at radius 3 is 2.29 bits per heavy atom. The van der Waals surface area contributed by atoms with Crippen LogP contribution in [0.5, 0.6) is 0 Å². The molecule has 3 rings (SSSR count). The summed E-state index contributed by atoms with van der Waals surface area (Å²) in [7, 11) is -3.48. The van der Waals surface area contributed by atoms with Gasteiger partial charge in [-0.1, -0.05) is 36.4 Å². The zero-order valence-electron chi connectivity index (χ0n) is 15.6. The van der Waals surface area contributed by atoms with E-state index in [4.69, 9.17) is 0 Å². The molecule has 0 unspecified atom stereocenters. The van der Waals surface area contributed by atoms with Crippen molar-refractivity contribution in [3.05, 3.63) is 60.2 Å². The Kier molecular flexibility index (Phi) is 6.46. The highest BCUT2D eigenvalue weighted by Crippen LogP contribution is 2.30. The number of amides is 2. The lowest BCUT2D eigenvalue weighted by atomic mass is 10.1. The Labute approximate surface area is 165 Å². The molecular weight excluding hydrogens is 376 g/mol. The normalized spacial score (nSPS) is 13.7. The first-order valence-electron chi connectivity index (χ1n) is 9.36. The predicted octanol–water partition coefficient (Wildman–Crippen LogP) is 3.02. The summed E-state index contributed by atoms with van der Waals surface area (Å²) in [5.74, 6) is -1.11. The molecule has 0 saturated heterocycles. The largest absolute Gasteiger partial charge is 0.326 e. The van der Waals surface area contributed by atoms with Crippen molar-refractivity contribution in [2.45, 2.75) is 25.7 Å². The van der Waals surface area contributed by atoms with Crippen molar-refractivity contribution in [1.82, 2.24) is 0 Å². The van der Waals surface area contributed by atoms with Crippen molar-refractivity contribution in [1.29, 1.82) is 0 Å². The van der Waals surface area contributed by atoms with E-state index in [1.165, 1.54) is 0 Å². The summed E-state index contributed by atoms with van der Waals surface area (Å²) in [5, 5.41) is 5.40. The van der Waals surface area contributed by atoms with Crippen LogP contribution in [0.25, 0.3) is 0 Å². The van der Waals surface area contributed by atoms with Crippen LogP contribution in [0.4, 0.5) is 11.4 Å². The minimum atomic E-state index is -3.48. The van der Waals surface area contributed by atoms with Gasteiger partial charge in [-0.05, 0) is 49.4 Å². The molecular formula is C21H24N2O4S. The SMILES string of the molecule is O=C(CS(=O)(=O)CCCc1ccccc1)Nc1cccc(NC(=O)C2CC2)c1. The van der Waals surface area contributed by atoms with E-state index in [1.54, 1.807) is 24.3 Å². The van der Waals surface area contributed by atoms with E-state index in [0.29, 0.717) is 24.2 Å². The van der Waals surface area contributed by atoms with Gasteiger partial charge in [-0.25, -0.2) is 8.42 Å². The minimum Gasteiger partial charge on any atom is -0.326 e. The molecule has 0 spiro atoms. The van der Waals surface area contributed by atoms with Gasteiger partial charge in [-0.2, -0.15) is 0 Å². The van der Waals surface area contributed by atoms with Gasteiger partial charge in [-0.15, -0.1) is 0 Å². The van der Waals surface area contributed by atoms with E-state index >= 15 is 0 Å². The number of aryl methyl sites for hydroxylation is 1. The Morgan fingerprint density at radius 2 is 1.61 bits per heavy atom. The van der Waals surface area contributed by atoms with Crippen molar-refractivity contribution in [2.24, 2.45) is 5.92 Å². The van der Waals surface area contributed by atoms with Gasteiger partial charge in [0.1, 0.15) is 5.75 Å². The van der Waals surface area contributed by atoms with Gasteiger partial charge in [-0.3, -0.25) is 9.59 Å². The van der Waals surface area contributed by atoms with E-state index in [9.17, 15) is 18.0 Å². The fourth-order valence-electron chi connectivity index (χ4n) is 2.87. The molecule has 2 aromatic rings. The molecule has 6 nitrogen and oxygen atoms in total.